The van der Waals surface area contributed by atoms with E-state index in [-0.39, 0.29) is 22.6 Å². The van der Waals surface area contributed by atoms with Crippen molar-refractivity contribution in [2.75, 3.05) is 26.2 Å². The second-order valence-corrected chi connectivity index (χ2v) is 6.87. The molecule has 130 valence electrons. The Hall–Kier alpha value is -1.95. The Morgan fingerprint density at radius 3 is 2.25 bits per heavy atom. The number of amides is 1. The number of non-ortho nitro benzene ring substituents is 1. The van der Waals surface area contributed by atoms with Crippen molar-refractivity contribution in [3.05, 3.63) is 39.9 Å². The molecule has 2 heterocycles. The van der Waals surface area contributed by atoms with Gasteiger partial charge in [-0.2, -0.15) is 0 Å². The van der Waals surface area contributed by atoms with Gasteiger partial charge in [-0.05, 0) is 51.3 Å². The summed E-state index contributed by atoms with van der Waals surface area (Å²) in [6.45, 7) is 5.80. The topological polar surface area (TPSA) is 66.7 Å². The summed E-state index contributed by atoms with van der Waals surface area (Å²) in [4.78, 5) is 27.3. The number of rotatable bonds is 4. The van der Waals surface area contributed by atoms with E-state index >= 15 is 0 Å². The fraction of sp³-hybridized carbons (Fsp3) is 0.611. The van der Waals surface area contributed by atoms with E-state index < -0.39 is 0 Å². The Morgan fingerprint density at radius 2 is 1.71 bits per heavy atom. The van der Waals surface area contributed by atoms with Crippen molar-refractivity contribution < 1.29 is 9.72 Å². The maximum Gasteiger partial charge on any atom is 0.269 e. The van der Waals surface area contributed by atoms with Crippen molar-refractivity contribution in [2.24, 2.45) is 5.92 Å². The monoisotopic (exact) mass is 331 g/mol. The fourth-order valence-electron chi connectivity index (χ4n) is 3.81. The minimum Gasteiger partial charge on any atom is -0.342 e. The number of hydrogen-bond donors (Lipinski definition) is 0. The molecule has 2 aliphatic rings. The van der Waals surface area contributed by atoms with Crippen LogP contribution in [0.4, 0.5) is 5.69 Å². The molecule has 6 heteroatoms. The van der Waals surface area contributed by atoms with Gasteiger partial charge in [-0.15, -0.1) is 0 Å². The largest absolute Gasteiger partial charge is 0.342 e. The van der Waals surface area contributed by atoms with E-state index in [0.717, 1.165) is 57.4 Å². The van der Waals surface area contributed by atoms with E-state index in [1.807, 2.05) is 17.0 Å². The highest BCUT2D eigenvalue weighted by Crippen LogP contribution is 2.29. The molecule has 0 aromatic heterocycles. The molecule has 1 aromatic carbocycles. The molecule has 1 amide bonds. The molecular formula is C18H25N3O3. The van der Waals surface area contributed by atoms with Crippen molar-refractivity contribution in [3.8, 4) is 0 Å². The third-order valence-corrected chi connectivity index (χ3v) is 5.43. The highest BCUT2D eigenvalue weighted by Gasteiger charge is 2.31. The molecule has 1 aromatic rings. The Balaban J connectivity index is 1.55. The highest BCUT2D eigenvalue weighted by molar-refractivity contribution is 5.79. The van der Waals surface area contributed by atoms with Crippen LogP contribution in [0.25, 0.3) is 0 Å². The zero-order chi connectivity index (χ0) is 17.1. The molecule has 1 unspecified atom stereocenters. The van der Waals surface area contributed by atoms with Crippen LogP contribution in [-0.2, 0) is 4.79 Å². The van der Waals surface area contributed by atoms with Gasteiger partial charge in [0.2, 0.25) is 5.91 Å². The molecular weight excluding hydrogens is 306 g/mol. The first-order valence-electron chi connectivity index (χ1n) is 8.83. The summed E-state index contributed by atoms with van der Waals surface area (Å²) in [5, 5.41) is 10.8. The van der Waals surface area contributed by atoms with E-state index in [9.17, 15) is 14.9 Å². The minimum absolute atomic E-state index is 0.126. The van der Waals surface area contributed by atoms with Gasteiger partial charge in [-0.1, -0.05) is 12.1 Å². The molecule has 0 aliphatic carbocycles. The molecule has 1 atom stereocenters. The first kappa shape index (κ1) is 16.9. The van der Waals surface area contributed by atoms with E-state index in [2.05, 4.69) is 11.8 Å². The van der Waals surface area contributed by atoms with Crippen molar-refractivity contribution in [1.82, 2.24) is 9.80 Å². The Kier molecular flexibility index (Phi) is 5.14. The van der Waals surface area contributed by atoms with Gasteiger partial charge in [-0.3, -0.25) is 19.8 Å². The van der Waals surface area contributed by atoms with Crippen LogP contribution >= 0.6 is 0 Å². The number of hydrogen-bond acceptors (Lipinski definition) is 4. The molecule has 0 radical (unpaired) electrons. The summed E-state index contributed by atoms with van der Waals surface area (Å²) < 4.78 is 0. The average molecular weight is 331 g/mol. The van der Waals surface area contributed by atoms with Crippen LogP contribution < -0.4 is 0 Å². The zero-order valence-corrected chi connectivity index (χ0v) is 14.2. The summed E-state index contributed by atoms with van der Waals surface area (Å²) >= 11 is 0. The number of carbonyl (C=O) groups excluding carboxylic acids is 1. The van der Waals surface area contributed by atoms with Crippen LogP contribution in [0.5, 0.6) is 0 Å². The minimum atomic E-state index is -0.371. The second-order valence-electron chi connectivity index (χ2n) is 6.87. The third kappa shape index (κ3) is 3.59. The van der Waals surface area contributed by atoms with Crippen molar-refractivity contribution >= 4 is 11.6 Å². The van der Waals surface area contributed by atoms with Crippen LogP contribution in [0, 0.1) is 16.0 Å². The molecule has 0 bridgehead atoms. The molecule has 2 saturated heterocycles. The van der Waals surface area contributed by atoms with E-state index in [1.165, 1.54) is 0 Å². The van der Waals surface area contributed by atoms with Crippen molar-refractivity contribution in [3.63, 3.8) is 0 Å². The number of carbonyl (C=O) groups is 1. The van der Waals surface area contributed by atoms with E-state index in [1.54, 1.807) is 12.1 Å². The predicted octanol–water partition coefficient (Wildman–Crippen LogP) is 2.99. The maximum absolute atomic E-state index is 12.5. The fourth-order valence-corrected chi connectivity index (χ4v) is 3.81. The molecule has 0 saturated carbocycles. The number of nitrogens with zero attached hydrogens (tertiary/aromatic N) is 3. The number of nitro benzene ring substituents is 1. The summed E-state index contributed by atoms with van der Waals surface area (Å²) in [5.41, 5.74) is 1.21. The quantitative estimate of drug-likeness (QED) is 0.628. The van der Waals surface area contributed by atoms with Crippen LogP contribution in [0.1, 0.15) is 44.2 Å². The summed E-state index contributed by atoms with van der Waals surface area (Å²) in [6.07, 6.45) is 4.10. The van der Waals surface area contributed by atoms with Crippen LogP contribution in [-0.4, -0.2) is 46.8 Å². The SMILES string of the molecule is CC(c1ccc([N+](=O)[O-])cc1)N1CCC(C(=O)N2CCCC2)CC1. The van der Waals surface area contributed by atoms with E-state index in [0.29, 0.717) is 5.91 Å². The highest BCUT2D eigenvalue weighted by atomic mass is 16.6. The van der Waals surface area contributed by atoms with Crippen molar-refractivity contribution in [1.29, 1.82) is 0 Å². The molecule has 3 rings (SSSR count). The standard InChI is InChI=1S/C18H25N3O3/c1-14(15-4-6-17(7-5-15)21(23)24)19-12-8-16(9-13-19)18(22)20-10-2-3-11-20/h4-7,14,16H,2-3,8-13H2,1H3. The lowest BCUT2D eigenvalue weighted by Gasteiger charge is -2.36. The lowest BCUT2D eigenvalue weighted by Crippen LogP contribution is -2.42. The smallest absolute Gasteiger partial charge is 0.269 e. The molecule has 2 fully saturated rings. The summed E-state index contributed by atoms with van der Waals surface area (Å²) in [7, 11) is 0. The van der Waals surface area contributed by atoms with Crippen LogP contribution in [0.3, 0.4) is 0 Å². The summed E-state index contributed by atoms with van der Waals surface area (Å²) in [6, 6.07) is 7.02. The van der Waals surface area contributed by atoms with Gasteiger partial charge < -0.3 is 4.90 Å². The molecule has 24 heavy (non-hydrogen) atoms. The number of piperidine rings is 1. The Morgan fingerprint density at radius 1 is 1.12 bits per heavy atom. The normalized spacial score (nSPS) is 21.0. The second kappa shape index (κ2) is 7.30. The third-order valence-electron chi connectivity index (χ3n) is 5.43. The lowest BCUT2D eigenvalue weighted by molar-refractivity contribution is -0.384. The van der Waals surface area contributed by atoms with Gasteiger partial charge in [0.05, 0.1) is 4.92 Å². The van der Waals surface area contributed by atoms with Crippen LogP contribution in [0.2, 0.25) is 0 Å². The van der Waals surface area contributed by atoms with Gasteiger partial charge >= 0.3 is 0 Å². The Labute approximate surface area is 142 Å². The Bertz CT molecular complexity index is 588. The van der Waals surface area contributed by atoms with Gasteiger partial charge in [0.25, 0.3) is 5.69 Å². The maximum atomic E-state index is 12.5. The first-order valence-corrected chi connectivity index (χ1v) is 8.83. The predicted molar refractivity (Wildman–Crippen MR) is 91.6 cm³/mol. The summed E-state index contributed by atoms with van der Waals surface area (Å²) in [5.74, 6) is 0.513. The number of benzene rings is 1. The van der Waals surface area contributed by atoms with Gasteiger partial charge in [-0.25, -0.2) is 0 Å². The molecule has 6 nitrogen and oxygen atoms in total. The van der Waals surface area contributed by atoms with Crippen molar-refractivity contribution in [2.45, 2.75) is 38.6 Å². The molecule has 0 N–H and O–H groups in total. The first-order chi connectivity index (χ1) is 11.6. The number of nitro groups is 1. The van der Waals surface area contributed by atoms with Crippen LogP contribution in [0.15, 0.2) is 24.3 Å². The average Bonchev–Trinajstić information content (AvgIpc) is 3.15. The zero-order valence-electron chi connectivity index (χ0n) is 14.2. The number of likely N-dealkylation sites (tertiary alicyclic amines) is 2. The van der Waals surface area contributed by atoms with Gasteiger partial charge in [0, 0.05) is 37.2 Å². The molecule has 0 spiro atoms. The van der Waals surface area contributed by atoms with Gasteiger partial charge in [0.1, 0.15) is 0 Å². The van der Waals surface area contributed by atoms with E-state index in [4.69, 9.17) is 0 Å². The molecule has 2 aliphatic heterocycles. The lowest BCUT2D eigenvalue weighted by atomic mass is 9.93. The van der Waals surface area contributed by atoms with Gasteiger partial charge in [0.15, 0.2) is 0 Å².